The van der Waals surface area contributed by atoms with E-state index < -0.39 is 53.4 Å². The topological polar surface area (TPSA) is 311 Å². The molecule has 6 atom stereocenters. The molecule has 3 saturated carbocycles. The van der Waals surface area contributed by atoms with E-state index in [1.807, 2.05) is 167 Å². The second kappa shape index (κ2) is 50.9. The average molecular weight is 2050 g/mol. The Morgan fingerprint density at radius 1 is 0.353 bits per heavy atom. The van der Waals surface area contributed by atoms with E-state index in [9.17, 15) is 58.5 Å². The number of carboxylic acid groups (broad SMARTS) is 3. The van der Waals surface area contributed by atoms with Crippen molar-refractivity contribution in [3.8, 4) is 39.9 Å². The molecular weight excluding hydrogens is 1890 g/mol. The number of likely N-dealkylation sites (tertiary alicyclic amines) is 3. The molecule has 6 aliphatic carbocycles. The zero-order chi connectivity index (χ0) is 106. The van der Waals surface area contributed by atoms with E-state index in [2.05, 4.69) is 73.6 Å². The fourth-order valence-electron chi connectivity index (χ4n) is 24.2. The molecule has 3 saturated heterocycles. The van der Waals surface area contributed by atoms with Gasteiger partial charge >= 0.3 is 17.9 Å². The Bertz CT molecular complexity index is 6200. The number of nitrogens with zero attached hydrogens (tertiary/aromatic N) is 9. The largest absolute Gasteiger partial charge is 0.488 e. The number of carboxylic acids is 3. The number of benzene rings is 5. The zero-order valence-corrected chi connectivity index (χ0v) is 91.0. The van der Waals surface area contributed by atoms with E-state index in [-0.39, 0.29) is 105 Å². The monoisotopic (exact) mass is 2050 g/mol. The summed E-state index contributed by atoms with van der Waals surface area (Å²) in [5.41, 5.74) is 14.7. The molecule has 9 aliphatic rings. The molecule has 23 heteroatoms. The van der Waals surface area contributed by atoms with Gasteiger partial charge in [-0.3, -0.25) is 43.2 Å². The van der Waals surface area contributed by atoms with Crippen molar-refractivity contribution in [2.24, 2.45) is 94.7 Å². The molecule has 6 fully saturated rings. The van der Waals surface area contributed by atoms with Gasteiger partial charge in [0.15, 0.2) is 34.8 Å². The van der Waals surface area contributed by atoms with E-state index in [1.165, 1.54) is 155 Å². The third kappa shape index (κ3) is 29.4. The second-order valence-electron chi connectivity index (χ2n) is 47.2. The van der Waals surface area contributed by atoms with Crippen molar-refractivity contribution in [2.45, 2.75) is 286 Å². The maximum atomic E-state index is 13.6. The van der Waals surface area contributed by atoms with Crippen molar-refractivity contribution in [2.75, 3.05) is 39.3 Å². The predicted octanol–water partition coefficient (Wildman–Crippen LogP) is 26.3. The molecule has 150 heavy (non-hydrogen) atoms. The molecule has 0 bridgehead atoms. The first kappa shape index (κ1) is 111. The lowest BCUT2D eigenvalue weighted by molar-refractivity contribution is -0.156. The van der Waals surface area contributed by atoms with Gasteiger partial charge in [0, 0.05) is 163 Å². The average Bonchev–Trinajstić information content (AvgIpc) is 0.926. The number of hydrogen-bond donors (Lipinski definition) is 3. The highest BCUT2D eigenvalue weighted by molar-refractivity contribution is 7.14. The van der Waals surface area contributed by atoms with Crippen LogP contribution >= 0.6 is 11.3 Å². The molecule has 5 aromatic carbocycles. The molecule has 3 aliphatic heterocycles. The van der Waals surface area contributed by atoms with Gasteiger partial charge in [-0.05, 0) is 283 Å². The van der Waals surface area contributed by atoms with Crippen LogP contribution < -0.4 is 4.74 Å². The van der Waals surface area contributed by atoms with Gasteiger partial charge in [-0.25, -0.2) is 29.9 Å². The number of rotatable bonds is 36. The Balaban J connectivity index is 0.000000160. The fourth-order valence-corrected chi connectivity index (χ4v) is 25.4. The number of allylic oxidation sites excluding steroid dienone is 6. The van der Waals surface area contributed by atoms with E-state index in [0.717, 1.165) is 147 Å². The summed E-state index contributed by atoms with van der Waals surface area (Å²) in [7, 11) is 0. The van der Waals surface area contributed by atoms with Gasteiger partial charge in [0.05, 0.1) is 22.6 Å². The number of aliphatic carboxylic acids is 3. The first-order chi connectivity index (χ1) is 72.1. The number of thiophene rings is 1. The van der Waals surface area contributed by atoms with Gasteiger partial charge in [0.2, 0.25) is 17.7 Å². The summed E-state index contributed by atoms with van der Waals surface area (Å²) in [5, 5.41) is 28.0. The molecule has 18 rings (SSSR count). The third-order valence-electron chi connectivity index (χ3n) is 34.1. The molecule has 794 valence electrons. The van der Waals surface area contributed by atoms with Crippen molar-refractivity contribution in [1.29, 1.82) is 0 Å². The van der Waals surface area contributed by atoms with Crippen LogP contribution in [0, 0.1) is 94.7 Å². The zero-order valence-electron chi connectivity index (χ0n) is 90.2. The van der Waals surface area contributed by atoms with Crippen molar-refractivity contribution in [3.05, 3.63) is 249 Å². The van der Waals surface area contributed by atoms with Gasteiger partial charge < -0.3 is 34.8 Å². The number of ether oxygens (including phenoxy) is 1. The summed E-state index contributed by atoms with van der Waals surface area (Å²) in [6, 6.07) is 42.2. The molecule has 9 aromatic rings. The minimum atomic E-state index is -0.904. The molecule has 7 heterocycles. The molecule has 0 spiro atoms. The number of amides is 3. The molecule has 0 radical (unpaired) electrons. The van der Waals surface area contributed by atoms with Gasteiger partial charge in [-0.2, -0.15) is 0 Å². The Kier molecular flexibility index (Phi) is 37.5. The smallest absolute Gasteiger partial charge is 0.310 e. The number of hydrogen-bond acceptors (Lipinski definition) is 17. The number of aromatic nitrogens is 6. The summed E-state index contributed by atoms with van der Waals surface area (Å²) in [5.74, 6) is 4.18. The summed E-state index contributed by atoms with van der Waals surface area (Å²) >= 11 is 1.51. The van der Waals surface area contributed by atoms with E-state index in [0.29, 0.717) is 64.4 Å². The van der Waals surface area contributed by atoms with Crippen LogP contribution in [0.4, 0.5) is 0 Å². The minimum absolute atomic E-state index is 0.0233. The lowest BCUT2D eigenvalue weighted by Crippen LogP contribution is -2.55. The van der Waals surface area contributed by atoms with E-state index in [1.54, 1.807) is 39.0 Å². The fraction of sp³-hybridized carbons (Fsp3) is 0.520. The van der Waals surface area contributed by atoms with Gasteiger partial charge in [0.1, 0.15) is 11.4 Å². The molecule has 22 nitrogen and oxygen atoms in total. The molecule has 3 N–H and O–H groups in total. The standard InChI is InChI=1S/C43H53N3O5.C43H53N3O4.C41H51N3O4S/c1-5-28-6-10-30(11-7-28)31-14-16-32(17-15-31)36-24-44-40(45-25-36)34-12-8-29(9-13-34)22-35(41(48)46-26-37(27-46)42(49)50)23-39(47)33-18-20-38(21-19-33)51-43(2,3)4;1-5-28-6-10-30(11-7-28)31-14-16-32(17-15-31)36-24-44-40(45-25-36)34-12-8-29(9-13-34)22-35(41(48)46-26-37(27-46)42(49)50)23-39(47)33-18-20-38(21-19-33)43(2,3)4;1-4-27-5-9-29(10-6-27)30-13-15-31(16-14-30)34-22-42-39(43-23-34)32-11-7-28(8-12-32)20-33(40(46)44-24-35(25-44)41(47)48)21-37(45)38-18-17-36(49-38)19-26(2)3/h8-9,12-13,16,18-21,24-25,28,30-31,35,37H,5-7,10-11,14-15,17,22-23,26-27H2,1-4H3,(H,49,50);8-9,12-13,16,18-21,24-25,28,30-31,35,37H,5-7,10-11,14-15,17,22-23,26-27H2,1-4H3,(H,49,50);7-8,11-12,15,17-18,22-23,26-27,29-30,33,35H,4-6,9-10,13-14,16,19-21,24-25H2,1-3H3,(H,47,48)/t2*28?,30?,31?,35-;27?,29?,30?,33-/m111/s1. The Morgan fingerprint density at radius 3 is 0.920 bits per heavy atom. The Morgan fingerprint density at radius 2 is 0.653 bits per heavy atom. The van der Waals surface area contributed by atoms with Crippen LogP contribution in [0.3, 0.4) is 0 Å². The van der Waals surface area contributed by atoms with Crippen LogP contribution in [0.5, 0.6) is 5.75 Å². The Labute approximate surface area is 892 Å². The maximum Gasteiger partial charge on any atom is 0.310 e. The number of carbonyl (C=O) groups excluding carboxylic acids is 6. The van der Waals surface area contributed by atoms with E-state index >= 15 is 0 Å². The van der Waals surface area contributed by atoms with Crippen LogP contribution in [0.15, 0.2) is 189 Å². The van der Waals surface area contributed by atoms with Crippen LogP contribution in [-0.4, -0.2) is 158 Å². The number of Topliss-reactive ketones (excluding diaryl/α,β-unsaturated/α-hetero) is 3. The SMILES string of the molecule is CCC1CCC(C2CC=C(c3cnc(-c4ccc(C[C@H](CC(=O)c5ccc(C(C)(C)C)cc5)C(=O)N5CC(C(=O)O)C5)cc4)nc3)CC2)CC1.CCC1CCC(C2CC=C(c3cnc(-c4ccc(C[C@H](CC(=O)c5ccc(CC(C)C)s5)C(=O)N5CC(C(=O)O)C5)cc4)nc3)CC2)CC1.CCC1CCC(C2CC=C(c3cnc(-c4ccc(C[C@H](CC(=O)c5ccc(OC(C)(C)C)cc5)C(=O)N5CC(C(=O)O)C5)cc4)nc3)CC2)CC1. The molecule has 3 amide bonds. The molecule has 3 unspecified atom stereocenters. The third-order valence-corrected chi connectivity index (χ3v) is 35.2. The summed E-state index contributed by atoms with van der Waals surface area (Å²) in [6.07, 6.45) is 52.5. The van der Waals surface area contributed by atoms with Gasteiger partial charge in [-0.15, -0.1) is 11.3 Å². The molecular formula is C127H157N9O13S. The van der Waals surface area contributed by atoms with Crippen molar-refractivity contribution < 1.29 is 63.2 Å². The Hall–Kier alpha value is -12.1. The number of ketones is 3. The highest BCUT2D eigenvalue weighted by atomic mass is 32.1. The summed E-state index contributed by atoms with van der Waals surface area (Å²) in [4.78, 5) is 150. The van der Waals surface area contributed by atoms with Crippen molar-refractivity contribution in [3.63, 3.8) is 0 Å². The maximum absolute atomic E-state index is 13.6. The predicted molar refractivity (Wildman–Crippen MR) is 592 cm³/mol. The van der Waals surface area contributed by atoms with Crippen LogP contribution in [0.2, 0.25) is 0 Å². The van der Waals surface area contributed by atoms with Gasteiger partial charge in [-0.1, -0.05) is 228 Å². The first-order valence-electron chi connectivity index (χ1n) is 56.0. The van der Waals surface area contributed by atoms with Crippen LogP contribution in [0.25, 0.3) is 50.9 Å². The first-order valence-corrected chi connectivity index (χ1v) is 56.9. The minimum Gasteiger partial charge on any atom is -0.488 e. The quantitative estimate of drug-likeness (QED) is 0.0307. The lowest BCUT2D eigenvalue weighted by Gasteiger charge is -2.38. The van der Waals surface area contributed by atoms with Crippen molar-refractivity contribution >= 4 is 81.0 Å². The second-order valence-corrected chi connectivity index (χ2v) is 48.4. The van der Waals surface area contributed by atoms with Crippen molar-refractivity contribution in [1.82, 2.24) is 44.6 Å². The summed E-state index contributed by atoms with van der Waals surface area (Å²) in [6.45, 7) is 24.7. The van der Waals surface area contributed by atoms with Gasteiger partial charge in [0.25, 0.3) is 0 Å². The summed E-state index contributed by atoms with van der Waals surface area (Å²) < 4.78 is 5.89. The van der Waals surface area contributed by atoms with E-state index in [4.69, 9.17) is 34.6 Å². The van der Waals surface area contributed by atoms with Crippen LogP contribution in [-0.2, 0) is 59.9 Å². The highest BCUT2D eigenvalue weighted by Gasteiger charge is 2.44. The normalized spacial score (nSPS) is 21.9. The highest BCUT2D eigenvalue weighted by Crippen LogP contribution is 2.47. The lowest BCUT2D eigenvalue weighted by atomic mass is 9.71. The van der Waals surface area contributed by atoms with Crippen LogP contribution in [0.1, 0.15) is 324 Å². The number of carbonyl (C=O) groups is 9. The molecule has 4 aromatic heterocycles.